The molecule has 0 saturated heterocycles. The zero-order chi connectivity index (χ0) is 9.78. The van der Waals surface area contributed by atoms with Gasteiger partial charge in [0.05, 0.1) is 5.75 Å². The second-order valence-corrected chi connectivity index (χ2v) is 6.07. The molecule has 0 bridgehead atoms. The van der Waals surface area contributed by atoms with Gasteiger partial charge in [-0.3, -0.25) is 0 Å². The molecule has 0 amide bonds. The summed E-state index contributed by atoms with van der Waals surface area (Å²) in [7, 11) is 3.71. The highest BCUT2D eigenvalue weighted by Crippen LogP contribution is 2.01. The van der Waals surface area contributed by atoms with Crippen molar-refractivity contribution < 1.29 is 8.42 Å². The Hall–Kier alpha value is 0.200. The van der Waals surface area contributed by atoms with Crippen molar-refractivity contribution >= 4 is 19.7 Å². The number of halogens is 1. The quantitative estimate of drug-likeness (QED) is 0.646. The van der Waals surface area contributed by atoms with Gasteiger partial charge in [-0.1, -0.05) is 0 Å². The maximum atomic E-state index is 10.5. The van der Waals surface area contributed by atoms with Crippen molar-refractivity contribution in [2.75, 3.05) is 19.3 Å². The van der Waals surface area contributed by atoms with Crippen molar-refractivity contribution in [1.82, 2.24) is 4.90 Å². The predicted octanol–water partition coefficient (Wildman–Crippen LogP) is 1.29. The van der Waals surface area contributed by atoms with Gasteiger partial charge in [0.1, 0.15) is 0 Å². The summed E-state index contributed by atoms with van der Waals surface area (Å²) in [5.41, 5.74) is 0. The summed E-state index contributed by atoms with van der Waals surface area (Å²) in [6.07, 6.45) is 0.598. The van der Waals surface area contributed by atoms with Crippen molar-refractivity contribution in [3.8, 4) is 0 Å². The van der Waals surface area contributed by atoms with Gasteiger partial charge in [-0.2, -0.15) is 0 Å². The number of hydrogen-bond acceptors (Lipinski definition) is 3. The topological polar surface area (TPSA) is 37.4 Å². The molecule has 0 saturated carbocycles. The highest BCUT2D eigenvalue weighted by Gasteiger charge is 2.07. The van der Waals surface area contributed by atoms with E-state index < -0.39 is 9.05 Å². The lowest BCUT2D eigenvalue weighted by Crippen LogP contribution is -2.28. The first-order chi connectivity index (χ1) is 5.33. The Morgan fingerprint density at radius 1 is 1.42 bits per heavy atom. The third kappa shape index (κ3) is 6.88. The molecule has 12 heavy (non-hydrogen) atoms. The lowest BCUT2D eigenvalue weighted by molar-refractivity contribution is 0.275. The Balaban J connectivity index is 3.58. The minimum Gasteiger partial charge on any atom is -0.304 e. The molecule has 0 spiro atoms. The zero-order valence-corrected chi connectivity index (χ0v) is 9.32. The first-order valence-corrected chi connectivity index (χ1v) is 6.43. The number of nitrogens with zero attached hydrogens (tertiary/aromatic N) is 1. The van der Waals surface area contributed by atoms with E-state index in [9.17, 15) is 8.42 Å². The molecule has 0 radical (unpaired) electrons. The lowest BCUT2D eigenvalue weighted by atomic mass is 10.3. The van der Waals surface area contributed by atoms with Gasteiger partial charge in [0.25, 0.3) is 0 Å². The van der Waals surface area contributed by atoms with Crippen LogP contribution in [0.25, 0.3) is 0 Å². The lowest BCUT2D eigenvalue weighted by Gasteiger charge is -2.20. The largest absolute Gasteiger partial charge is 0.304 e. The highest BCUT2D eigenvalue weighted by atomic mass is 35.7. The molecule has 0 fully saturated rings. The van der Waals surface area contributed by atoms with E-state index >= 15 is 0 Å². The van der Waals surface area contributed by atoms with Crippen molar-refractivity contribution in [2.24, 2.45) is 0 Å². The van der Waals surface area contributed by atoms with Crippen molar-refractivity contribution in [1.29, 1.82) is 0 Å². The third-order valence-electron chi connectivity index (χ3n) is 1.78. The standard InChI is InChI=1S/C7H16ClNO2S/c1-7(2)9(3)5-4-6-12(8,10)11/h7H,4-6H2,1-3H3. The molecule has 0 aliphatic rings. The van der Waals surface area contributed by atoms with Crippen LogP contribution in [0.15, 0.2) is 0 Å². The first kappa shape index (κ1) is 12.2. The Kier molecular flexibility index (Phi) is 5.13. The fourth-order valence-corrected chi connectivity index (χ4v) is 1.55. The summed E-state index contributed by atoms with van der Waals surface area (Å²) in [4.78, 5) is 2.09. The van der Waals surface area contributed by atoms with E-state index in [-0.39, 0.29) is 5.75 Å². The van der Waals surface area contributed by atoms with Crippen LogP contribution in [0, 0.1) is 0 Å². The SMILES string of the molecule is CC(C)N(C)CCCS(=O)(=O)Cl. The molecule has 0 aromatic carbocycles. The highest BCUT2D eigenvalue weighted by molar-refractivity contribution is 8.13. The summed E-state index contributed by atoms with van der Waals surface area (Å²) in [5, 5.41) is 0. The Labute approximate surface area is 79.1 Å². The molecule has 0 aromatic heterocycles. The van der Waals surface area contributed by atoms with E-state index in [0.29, 0.717) is 12.5 Å². The average Bonchev–Trinajstić information content (AvgIpc) is 1.84. The molecule has 0 atom stereocenters. The van der Waals surface area contributed by atoms with E-state index in [1.54, 1.807) is 0 Å². The maximum Gasteiger partial charge on any atom is 0.232 e. The fraction of sp³-hybridized carbons (Fsp3) is 1.00. The second kappa shape index (κ2) is 5.04. The van der Waals surface area contributed by atoms with Gasteiger partial charge in [-0.15, -0.1) is 0 Å². The van der Waals surface area contributed by atoms with Crippen molar-refractivity contribution in [2.45, 2.75) is 26.3 Å². The van der Waals surface area contributed by atoms with E-state index in [2.05, 4.69) is 18.7 Å². The minimum atomic E-state index is -3.30. The minimum absolute atomic E-state index is 0.0611. The molecular weight excluding hydrogens is 198 g/mol. The maximum absolute atomic E-state index is 10.5. The van der Waals surface area contributed by atoms with Gasteiger partial charge in [0.15, 0.2) is 0 Å². The first-order valence-electron chi connectivity index (χ1n) is 3.95. The van der Waals surface area contributed by atoms with E-state index in [4.69, 9.17) is 10.7 Å². The molecule has 74 valence electrons. The average molecular weight is 214 g/mol. The van der Waals surface area contributed by atoms with Crippen LogP contribution < -0.4 is 0 Å². The molecule has 3 nitrogen and oxygen atoms in total. The molecular formula is C7H16ClNO2S. The van der Waals surface area contributed by atoms with Crippen LogP contribution in [0.4, 0.5) is 0 Å². The van der Waals surface area contributed by atoms with E-state index in [0.717, 1.165) is 6.54 Å². The Morgan fingerprint density at radius 2 is 1.92 bits per heavy atom. The fourth-order valence-electron chi connectivity index (χ4n) is 0.745. The van der Waals surface area contributed by atoms with E-state index in [1.165, 1.54) is 0 Å². The Bertz CT molecular complexity index is 213. The van der Waals surface area contributed by atoms with Gasteiger partial charge in [0, 0.05) is 16.7 Å². The van der Waals surface area contributed by atoms with Gasteiger partial charge >= 0.3 is 0 Å². The smallest absolute Gasteiger partial charge is 0.232 e. The second-order valence-electron chi connectivity index (χ2n) is 3.17. The summed E-state index contributed by atoms with van der Waals surface area (Å²) in [5.74, 6) is 0.0611. The third-order valence-corrected chi connectivity index (χ3v) is 3.02. The molecule has 0 heterocycles. The van der Waals surface area contributed by atoms with Crippen LogP contribution in [0.3, 0.4) is 0 Å². The molecule has 0 aliphatic carbocycles. The molecule has 0 N–H and O–H groups in total. The van der Waals surface area contributed by atoms with Crippen LogP contribution >= 0.6 is 10.7 Å². The van der Waals surface area contributed by atoms with Crippen LogP contribution in [0.2, 0.25) is 0 Å². The van der Waals surface area contributed by atoms with Crippen molar-refractivity contribution in [3.63, 3.8) is 0 Å². The van der Waals surface area contributed by atoms with Gasteiger partial charge in [0.2, 0.25) is 9.05 Å². The Morgan fingerprint density at radius 3 is 2.25 bits per heavy atom. The van der Waals surface area contributed by atoms with Gasteiger partial charge in [-0.25, -0.2) is 8.42 Å². The van der Waals surface area contributed by atoms with Crippen LogP contribution in [0.5, 0.6) is 0 Å². The van der Waals surface area contributed by atoms with Crippen LogP contribution in [-0.4, -0.2) is 38.7 Å². The zero-order valence-electron chi connectivity index (χ0n) is 7.75. The van der Waals surface area contributed by atoms with Gasteiger partial charge in [-0.05, 0) is 33.9 Å². The normalized spacial score (nSPS) is 12.8. The number of rotatable bonds is 5. The van der Waals surface area contributed by atoms with Crippen LogP contribution in [0.1, 0.15) is 20.3 Å². The summed E-state index contributed by atoms with van der Waals surface area (Å²) in [6, 6.07) is 0.447. The number of hydrogen-bond donors (Lipinski definition) is 0. The van der Waals surface area contributed by atoms with Gasteiger partial charge < -0.3 is 4.90 Å². The summed E-state index contributed by atoms with van der Waals surface area (Å²) in [6.45, 7) is 4.90. The van der Waals surface area contributed by atoms with E-state index in [1.807, 2.05) is 7.05 Å². The molecule has 5 heteroatoms. The molecule has 0 aromatic rings. The predicted molar refractivity (Wildman–Crippen MR) is 52.0 cm³/mol. The molecule has 0 aliphatic heterocycles. The molecule has 0 rings (SSSR count). The molecule has 0 unspecified atom stereocenters. The summed E-state index contributed by atoms with van der Waals surface area (Å²) >= 11 is 0. The summed E-state index contributed by atoms with van der Waals surface area (Å²) < 4.78 is 21.1. The van der Waals surface area contributed by atoms with Crippen molar-refractivity contribution in [3.05, 3.63) is 0 Å². The van der Waals surface area contributed by atoms with Crippen LogP contribution in [-0.2, 0) is 9.05 Å². The monoisotopic (exact) mass is 213 g/mol.